The van der Waals surface area contributed by atoms with Gasteiger partial charge in [-0.25, -0.2) is 8.42 Å². The fraction of sp³-hybridized carbons (Fsp3) is 0.900. The fourth-order valence-corrected chi connectivity index (χ4v) is 3.46. The van der Waals surface area contributed by atoms with E-state index in [1.165, 1.54) is 0 Å². The van der Waals surface area contributed by atoms with Crippen LogP contribution in [0.5, 0.6) is 0 Å². The van der Waals surface area contributed by atoms with E-state index in [1.807, 2.05) is 13.8 Å². The Balaban J connectivity index is 0. The third-order valence-corrected chi connectivity index (χ3v) is 6.05. The molecule has 0 aliphatic carbocycles. The summed E-state index contributed by atoms with van der Waals surface area (Å²) >= 11 is 0. The van der Waals surface area contributed by atoms with E-state index in [0.29, 0.717) is 0 Å². The summed E-state index contributed by atoms with van der Waals surface area (Å²) in [4.78, 5) is 24.1. The van der Waals surface area contributed by atoms with Crippen molar-refractivity contribution < 1.29 is 61.6 Å². The van der Waals surface area contributed by atoms with Gasteiger partial charge in [-0.1, -0.05) is 66.2 Å². The van der Waals surface area contributed by atoms with Crippen molar-refractivity contribution in [3.05, 3.63) is 0 Å². The summed E-state index contributed by atoms with van der Waals surface area (Å²) in [7, 11) is -5.01. The first-order valence-electron chi connectivity index (χ1n) is 10.5. The number of unbranched alkanes of at least 4 members (excludes halogenated alkanes) is 2. The van der Waals surface area contributed by atoms with Gasteiger partial charge in [0.2, 0.25) is 0 Å². The molecule has 3 unspecified atom stereocenters. The summed E-state index contributed by atoms with van der Waals surface area (Å²) in [5.74, 6) is -1.74. The minimum atomic E-state index is -5.01. The zero-order valence-corrected chi connectivity index (χ0v) is 21.6. The van der Waals surface area contributed by atoms with E-state index < -0.39 is 33.7 Å². The topological polar surface area (TPSA) is 110 Å². The molecule has 0 amide bonds. The summed E-state index contributed by atoms with van der Waals surface area (Å²) in [6.45, 7) is 8.26. The number of ether oxygens (including phenoxy) is 2. The van der Waals surface area contributed by atoms with E-state index in [0.717, 1.165) is 51.4 Å². The number of esters is 2. The van der Waals surface area contributed by atoms with Crippen molar-refractivity contribution in [2.24, 2.45) is 11.8 Å². The molecule has 0 heterocycles. The average molecular weight is 449 g/mol. The average Bonchev–Trinajstić information content (AvgIpc) is 2.65. The van der Waals surface area contributed by atoms with Gasteiger partial charge in [0.25, 0.3) is 0 Å². The molecule has 0 radical (unpaired) electrons. The van der Waals surface area contributed by atoms with Crippen LogP contribution >= 0.6 is 0 Å². The predicted octanol–water partition coefficient (Wildman–Crippen LogP) is 0.814. The van der Waals surface area contributed by atoms with Crippen LogP contribution < -0.4 is 29.6 Å². The Bertz CT molecular complexity index is 551. The van der Waals surface area contributed by atoms with Crippen LogP contribution in [0.15, 0.2) is 0 Å². The monoisotopic (exact) mass is 448 g/mol. The van der Waals surface area contributed by atoms with Crippen LogP contribution in [0.2, 0.25) is 0 Å². The number of carbonyl (C=O) groups is 2. The molecule has 0 saturated heterocycles. The third-order valence-electron chi connectivity index (χ3n) is 4.99. The number of hydrogen-bond acceptors (Lipinski definition) is 7. The Labute approximate surface area is 198 Å². The standard InChI is InChI=1S/C20H38O7S.Na/c1-5-9-11-16(7-3)14-26-19(21)13-18(28(23,24)25)20(22)27-15-17(8-4)12-10-6-2;/h16-18H,5-15H2,1-4H3,(H,23,24,25);/q;+1/p-1/i13+1,18+1,19+1,20+1;. The first kappa shape index (κ1) is 31.0. The van der Waals surface area contributed by atoms with Gasteiger partial charge in [0.05, 0.1) is 19.6 Å². The predicted molar refractivity (Wildman–Crippen MR) is 107 cm³/mol. The van der Waals surface area contributed by atoms with E-state index in [2.05, 4.69) is 13.8 Å². The molecule has 0 N–H and O–H groups in total. The maximum absolute atomic E-state index is 12.1. The molecule has 0 aromatic heterocycles. The van der Waals surface area contributed by atoms with Gasteiger partial charge in [-0.05, 0) is 24.7 Å². The molecule has 0 aromatic carbocycles. The maximum Gasteiger partial charge on any atom is 1.00 e. The van der Waals surface area contributed by atoms with Crippen LogP contribution in [0.25, 0.3) is 0 Å². The second-order valence-electron chi connectivity index (χ2n) is 7.33. The molecule has 0 rings (SSSR count). The second-order valence-corrected chi connectivity index (χ2v) is 8.89. The molecule has 0 bridgehead atoms. The van der Waals surface area contributed by atoms with Gasteiger partial charge < -0.3 is 14.0 Å². The van der Waals surface area contributed by atoms with Gasteiger partial charge in [-0.2, -0.15) is 0 Å². The van der Waals surface area contributed by atoms with Gasteiger partial charge in [0.1, 0.15) is 10.1 Å². The van der Waals surface area contributed by atoms with Crippen molar-refractivity contribution >= 4 is 22.1 Å². The van der Waals surface area contributed by atoms with E-state index in [-0.39, 0.29) is 54.6 Å². The maximum atomic E-state index is 12.1. The van der Waals surface area contributed by atoms with Crippen molar-refractivity contribution in [2.75, 3.05) is 13.2 Å². The van der Waals surface area contributed by atoms with Crippen LogP contribution in [-0.4, -0.2) is 43.4 Å². The summed E-state index contributed by atoms with van der Waals surface area (Å²) in [6.07, 6.45) is 6.58. The number of rotatable bonds is 16. The van der Waals surface area contributed by atoms with Crippen LogP contribution in [0.1, 0.15) is 85.5 Å². The molecule has 9 heteroatoms. The zero-order chi connectivity index (χ0) is 21.6. The first-order valence-corrected chi connectivity index (χ1v) is 11.9. The smallest absolute Gasteiger partial charge is 0.747 e. The molecular weight excluding hydrogens is 411 g/mol. The summed E-state index contributed by atoms with van der Waals surface area (Å²) < 4.78 is 44.6. The summed E-state index contributed by atoms with van der Waals surface area (Å²) in [5.41, 5.74) is 0. The van der Waals surface area contributed by atoms with E-state index in [4.69, 9.17) is 9.47 Å². The molecule has 0 fully saturated rings. The van der Waals surface area contributed by atoms with Crippen molar-refractivity contribution in [1.82, 2.24) is 0 Å². The minimum Gasteiger partial charge on any atom is -0.747 e. The Morgan fingerprint density at radius 2 is 1.31 bits per heavy atom. The van der Waals surface area contributed by atoms with Crippen molar-refractivity contribution in [3.8, 4) is 0 Å². The zero-order valence-electron chi connectivity index (χ0n) is 18.8. The number of hydrogen-bond donors (Lipinski definition) is 0. The number of carbonyl (C=O) groups excluding carboxylic acids is 2. The molecule has 0 saturated carbocycles. The van der Waals surface area contributed by atoms with Crippen molar-refractivity contribution in [1.29, 1.82) is 0 Å². The van der Waals surface area contributed by atoms with Crippen LogP contribution in [0.4, 0.5) is 0 Å². The van der Waals surface area contributed by atoms with E-state index in [1.54, 1.807) is 0 Å². The van der Waals surface area contributed by atoms with Crippen LogP contribution in [-0.2, 0) is 29.2 Å². The van der Waals surface area contributed by atoms with Gasteiger partial charge in [-0.15, -0.1) is 0 Å². The molecule has 29 heavy (non-hydrogen) atoms. The van der Waals surface area contributed by atoms with Gasteiger partial charge in [-0.3, -0.25) is 9.59 Å². The van der Waals surface area contributed by atoms with Crippen LogP contribution in [0, 0.1) is 11.8 Å². The van der Waals surface area contributed by atoms with Crippen molar-refractivity contribution in [3.63, 3.8) is 0 Å². The minimum absolute atomic E-state index is 0. The molecular formula is C20H37NaO7S. The normalized spacial score (nSPS) is 14.4. The van der Waals surface area contributed by atoms with Crippen molar-refractivity contribution in [2.45, 2.75) is 90.7 Å². The Morgan fingerprint density at radius 3 is 1.69 bits per heavy atom. The summed E-state index contributed by atoms with van der Waals surface area (Å²) in [5, 5.41) is -2.06. The third kappa shape index (κ3) is 14.5. The molecule has 166 valence electrons. The molecule has 0 spiro atoms. The molecule has 0 aliphatic heterocycles. The van der Waals surface area contributed by atoms with Gasteiger partial charge >= 0.3 is 41.5 Å². The molecule has 0 aromatic rings. The quantitative estimate of drug-likeness (QED) is 0.149. The second kappa shape index (κ2) is 17.5. The SMILES string of the molecule is CCCCC(CC)CO[13C](=O)[13CH2][13CH]([13C](=O)OCC(CC)CCCC)S(=O)(=O)[O-].[Na+]. The van der Waals surface area contributed by atoms with Gasteiger partial charge in [0, 0.05) is 0 Å². The van der Waals surface area contributed by atoms with E-state index in [9.17, 15) is 22.6 Å². The Kier molecular flexibility index (Phi) is 18.8. The fourth-order valence-electron chi connectivity index (χ4n) is 2.81. The van der Waals surface area contributed by atoms with Gasteiger partial charge in [0.15, 0.2) is 5.25 Å². The Hall–Kier alpha value is -0.150. The first-order chi connectivity index (χ1) is 13.2. The van der Waals surface area contributed by atoms with E-state index >= 15 is 0 Å². The molecule has 3 atom stereocenters. The largest absolute Gasteiger partial charge is 1.00 e. The summed E-state index contributed by atoms with van der Waals surface area (Å²) in [6, 6.07) is 0. The molecule has 7 nitrogen and oxygen atoms in total. The van der Waals surface area contributed by atoms with Crippen LogP contribution in [0.3, 0.4) is 0 Å². The Morgan fingerprint density at radius 1 is 0.862 bits per heavy atom. The molecule has 0 aliphatic rings.